The predicted octanol–water partition coefficient (Wildman–Crippen LogP) is 3.23. The molecule has 12 heteroatoms. The van der Waals surface area contributed by atoms with Crippen molar-refractivity contribution < 1.29 is 38.1 Å². The number of ether oxygens (including phenoxy) is 4. The van der Waals surface area contributed by atoms with Crippen molar-refractivity contribution in [2.24, 2.45) is 0 Å². The van der Waals surface area contributed by atoms with Gasteiger partial charge in [-0.25, -0.2) is 19.2 Å². The van der Waals surface area contributed by atoms with Crippen LogP contribution in [0.5, 0.6) is 0 Å². The Bertz CT molecular complexity index is 351. The van der Waals surface area contributed by atoms with Crippen molar-refractivity contribution in [2.75, 3.05) is 13.2 Å². The van der Waals surface area contributed by atoms with Crippen LogP contribution in [0.1, 0.15) is 0 Å². The zero-order valence-corrected chi connectivity index (χ0v) is 12.4. The van der Waals surface area contributed by atoms with Gasteiger partial charge in [-0.1, -0.05) is 0 Å². The molecule has 0 aromatic carbocycles. The van der Waals surface area contributed by atoms with Crippen molar-refractivity contribution in [3.05, 3.63) is 0 Å². The van der Waals surface area contributed by atoms with Crippen molar-refractivity contribution in [1.82, 2.24) is 0 Å². The lowest BCUT2D eigenvalue weighted by molar-refractivity contribution is -0.0427. The first-order valence-electron chi connectivity index (χ1n) is 4.59. The minimum Gasteiger partial charge on any atom is -0.450 e. The summed E-state index contributed by atoms with van der Waals surface area (Å²) in [5.74, 6) is 0. The maximum absolute atomic E-state index is 10.7. The van der Waals surface area contributed by atoms with Crippen LogP contribution in [0.2, 0.25) is 0 Å². The first-order valence-corrected chi connectivity index (χ1v) is 6.10. The Balaban J connectivity index is 4.83. The zero-order chi connectivity index (χ0) is 15.7. The fourth-order valence-electron chi connectivity index (χ4n) is 0.968. The maximum Gasteiger partial charge on any atom is 0.404 e. The Labute approximate surface area is 132 Å². The summed E-state index contributed by atoms with van der Waals surface area (Å²) in [7, 11) is 0. The molecule has 0 amide bonds. The normalized spacial score (nSPS) is 12.8. The van der Waals surface area contributed by atoms with Gasteiger partial charge in [0, 0.05) is 46.4 Å². The average molecular weight is 372 g/mol. The third-order valence-electron chi connectivity index (χ3n) is 1.62. The van der Waals surface area contributed by atoms with Crippen molar-refractivity contribution in [1.29, 1.82) is 0 Å². The Morgan fingerprint density at radius 3 is 1.15 bits per heavy atom. The lowest BCUT2D eigenvalue weighted by Gasteiger charge is -2.23. The van der Waals surface area contributed by atoms with Crippen LogP contribution in [-0.4, -0.2) is 47.1 Å². The summed E-state index contributed by atoms with van der Waals surface area (Å²) in [6.45, 7) is -1.26. The largest absolute Gasteiger partial charge is 0.450 e. The van der Waals surface area contributed by atoms with Crippen LogP contribution in [0.3, 0.4) is 0 Å². The molecule has 2 unspecified atom stereocenters. The van der Waals surface area contributed by atoms with Crippen LogP contribution in [0.4, 0.5) is 19.2 Å². The number of carbonyl (C=O) groups excluding carboxylic acids is 4. The highest BCUT2D eigenvalue weighted by Crippen LogP contribution is 2.12. The molecule has 0 N–H and O–H groups in total. The fourth-order valence-corrected chi connectivity index (χ4v) is 1.32. The molecule has 0 radical (unpaired) electrons. The van der Waals surface area contributed by atoms with Crippen molar-refractivity contribution in [3.8, 4) is 0 Å². The topological polar surface area (TPSA) is 105 Å². The Morgan fingerprint density at radius 1 is 0.650 bits per heavy atom. The Hall–Kier alpha value is -0.960. The lowest BCUT2D eigenvalue weighted by Crippen LogP contribution is -2.40. The van der Waals surface area contributed by atoms with Crippen LogP contribution in [0.25, 0.3) is 0 Å². The van der Waals surface area contributed by atoms with Gasteiger partial charge in [-0.15, -0.1) is 0 Å². The van der Waals surface area contributed by atoms with Gasteiger partial charge in [-0.3, -0.25) is 0 Å². The molecule has 0 aromatic rings. The highest BCUT2D eigenvalue weighted by atomic mass is 35.5. The van der Waals surface area contributed by atoms with E-state index < -0.39 is 47.1 Å². The summed E-state index contributed by atoms with van der Waals surface area (Å²) in [6.07, 6.45) is -2.83. The second-order valence-corrected chi connectivity index (χ2v) is 4.12. The molecule has 2 atom stereocenters. The molecular formula is C8H6Cl4O8. The molecular weight excluding hydrogens is 366 g/mol. The van der Waals surface area contributed by atoms with Crippen molar-refractivity contribution in [2.45, 2.75) is 12.2 Å². The summed E-state index contributed by atoms with van der Waals surface area (Å²) in [5.41, 5.74) is -5.03. The minimum atomic E-state index is -1.42. The summed E-state index contributed by atoms with van der Waals surface area (Å²) in [5, 5.41) is 0. The summed E-state index contributed by atoms with van der Waals surface area (Å²) in [4.78, 5) is 42.3. The molecule has 0 heterocycles. The highest BCUT2D eigenvalue weighted by molar-refractivity contribution is 6.62. The van der Waals surface area contributed by atoms with E-state index in [0.717, 1.165) is 0 Å². The lowest BCUT2D eigenvalue weighted by atomic mass is 10.2. The van der Waals surface area contributed by atoms with Gasteiger partial charge in [-0.2, -0.15) is 0 Å². The van der Waals surface area contributed by atoms with Crippen LogP contribution in [0, 0.1) is 0 Å². The van der Waals surface area contributed by atoms with Gasteiger partial charge < -0.3 is 18.9 Å². The molecule has 0 saturated carbocycles. The SMILES string of the molecule is O=C(Cl)OCC(OC(=O)Cl)C(COC(=O)Cl)OC(=O)Cl. The van der Waals surface area contributed by atoms with E-state index in [2.05, 4.69) is 18.9 Å². The molecule has 0 aliphatic carbocycles. The third kappa shape index (κ3) is 9.90. The summed E-state index contributed by atoms with van der Waals surface area (Å²) >= 11 is 19.8. The van der Waals surface area contributed by atoms with E-state index in [-0.39, 0.29) is 0 Å². The third-order valence-corrected chi connectivity index (χ3v) is 2.02. The number of hydrogen-bond donors (Lipinski definition) is 0. The summed E-state index contributed by atoms with van der Waals surface area (Å²) < 4.78 is 17.7. The summed E-state index contributed by atoms with van der Waals surface area (Å²) in [6, 6.07) is 0. The van der Waals surface area contributed by atoms with Gasteiger partial charge in [-0.05, 0) is 0 Å². The smallest absolute Gasteiger partial charge is 0.404 e. The number of hydrogen-bond acceptors (Lipinski definition) is 8. The van der Waals surface area contributed by atoms with E-state index in [0.29, 0.717) is 0 Å². The van der Waals surface area contributed by atoms with Gasteiger partial charge in [0.15, 0.2) is 12.2 Å². The molecule has 0 rings (SSSR count). The van der Waals surface area contributed by atoms with E-state index in [9.17, 15) is 19.2 Å². The Kier molecular flexibility index (Phi) is 9.39. The first kappa shape index (κ1) is 19.0. The highest BCUT2D eigenvalue weighted by Gasteiger charge is 2.31. The van der Waals surface area contributed by atoms with Gasteiger partial charge in [0.1, 0.15) is 13.2 Å². The van der Waals surface area contributed by atoms with Gasteiger partial charge in [0.05, 0.1) is 0 Å². The number of carbonyl (C=O) groups is 4. The van der Waals surface area contributed by atoms with E-state index in [1.807, 2.05) is 0 Å². The molecule has 0 aliphatic rings. The van der Waals surface area contributed by atoms with E-state index in [1.165, 1.54) is 0 Å². The molecule has 0 aliphatic heterocycles. The molecule has 0 saturated heterocycles. The van der Waals surface area contributed by atoms with Crippen molar-refractivity contribution in [3.63, 3.8) is 0 Å². The second-order valence-electron chi connectivity index (χ2n) is 2.89. The molecule has 0 bridgehead atoms. The van der Waals surface area contributed by atoms with Gasteiger partial charge >= 0.3 is 21.7 Å². The maximum atomic E-state index is 10.7. The van der Waals surface area contributed by atoms with Crippen LogP contribution >= 0.6 is 46.4 Å². The molecule has 8 nitrogen and oxygen atoms in total. The standard InChI is InChI=1S/C8H6Cl4O8/c9-5(13)17-1-3(19-7(11)15)4(20-8(12)16)2-18-6(10)14/h3-4H,1-2H2. The zero-order valence-electron chi connectivity index (χ0n) is 9.35. The van der Waals surface area contributed by atoms with Gasteiger partial charge in [0.25, 0.3) is 0 Å². The molecule has 114 valence electrons. The van der Waals surface area contributed by atoms with Gasteiger partial charge in [0.2, 0.25) is 0 Å². The number of rotatable bonds is 7. The predicted molar refractivity (Wildman–Crippen MR) is 66.6 cm³/mol. The van der Waals surface area contributed by atoms with Crippen molar-refractivity contribution >= 4 is 68.1 Å². The molecule has 0 fully saturated rings. The number of halogens is 4. The fraction of sp³-hybridized carbons (Fsp3) is 0.500. The van der Waals surface area contributed by atoms with E-state index in [4.69, 9.17) is 46.4 Å². The van der Waals surface area contributed by atoms with E-state index in [1.54, 1.807) is 0 Å². The molecule has 0 spiro atoms. The average Bonchev–Trinajstić information content (AvgIpc) is 2.28. The Morgan fingerprint density at radius 2 is 0.950 bits per heavy atom. The minimum absolute atomic E-state index is 0.629. The van der Waals surface area contributed by atoms with E-state index >= 15 is 0 Å². The van der Waals surface area contributed by atoms with Crippen LogP contribution in [0.15, 0.2) is 0 Å². The van der Waals surface area contributed by atoms with Crippen LogP contribution in [-0.2, 0) is 18.9 Å². The monoisotopic (exact) mass is 370 g/mol. The first-order chi connectivity index (χ1) is 9.22. The quantitative estimate of drug-likeness (QED) is 0.496. The molecule has 0 aromatic heterocycles. The molecule has 20 heavy (non-hydrogen) atoms. The second kappa shape index (κ2) is 9.87. The van der Waals surface area contributed by atoms with Crippen LogP contribution < -0.4 is 0 Å².